The second kappa shape index (κ2) is 11.7. The largest absolute Gasteiger partial charge is 0.481 e. The van der Waals surface area contributed by atoms with E-state index in [0.717, 1.165) is 38.1 Å². The summed E-state index contributed by atoms with van der Waals surface area (Å²) in [6.07, 6.45) is 8.73. The summed E-state index contributed by atoms with van der Waals surface area (Å²) in [5.74, 6) is 2.75. The first kappa shape index (κ1) is 25.8. The monoisotopic (exact) mass is 541 g/mol. The zero-order chi connectivity index (χ0) is 26.5. The molecule has 38 heavy (non-hydrogen) atoms. The number of benzene rings is 2. The van der Waals surface area contributed by atoms with E-state index in [9.17, 15) is 9.59 Å². The minimum atomic E-state index is -0.433. The second-order valence-corrected chi connectivity index (χ2v) is 11.1. The summed E-state index contributed by atoms with van der Waals surface area (Å²) < 4.78 is 5.44. The van der Waals surface area contributed by atoms with E-state index in [1.807, 2.05) is 66.9 Å². The van der Waals surface area contributed by atoms with Crippen LogP contribution < -0.4 is 4.74 Å². The van der Waals surface area contributed by atoms with Gasteiger partial charge in [0.15, 0.2) is 15.8 Å². The maximum absolute atomic E-state index is 13.7. The number of carbonyl (C=O) groups is 2. The lowest BCUT2D eigenvalue weighted by atomic mass is 9.98. The van der Waals surface area contributed by atoms with Crippen molar-refractivity contribution in [3.8, 4) is 39.4 Å². The van der Waals surface area contributed by atoms with Crippen LogP contribution in [0.4, 0.5) is 0 Å². The lowest BCUT2D eigenvalue weighted by Crippen LogP contribution is -2.43. The number of thiazole rings is 2. The molecule has 1 aliphatic rings. The van der Waals surface area contributed by atoms with Gasteiger partial charge in [-0.3, -0.25) is 9.59 Å². The molecule has 0 bridgehead atoms. The first-order valence-corrected chi connectivity index (χ1v) is 14.2. The number of hydrogen-bond acceptors (Lipinski definition) is 7. The molecule has 6 nitrogen and oxygen atoms in total. The summed E-state index contributed by atoms with van der Waals surface area (Å²) in [5.41, 5.74) is 2.66. The van der Waals surface area contributed by atoms with Crippen molar-refractivity contribution in [2.24, 2.45) is 0 Å². The average molecular weight is 542 g/mol. The lowest BCUT2D eigenvalue weighted by Gasteiger charge is -2.27. The van der Waals surface area contributed by atoms with E-state index in [4.69, 9.17) is 16.1 Å². The topological polar surface area (TPSA) is 72.4 Å². The number of nitrogens with zero attached hydrogens (tertiary/aromatic N) is 3. The molecule has 5 rings (SSSR count). The number of amides is 1. The van der Waals surface area contributed by atoms with Gasteiger partial charge in [0.2, 0.25) is 5.91 Å². The molecule has 2 aromatic carbocycles. The van der Waals surface area contributed by atoms with Crippen molar-refractivity contribution in [2.45, 2.75) is 38.1 Å². The maximum Gasteiger partial charge on any atom is 0.230 e. The molecule has 0 unspecified atom stereocenters. The zero-order valence-corrected chi connectivity index (χ0v) is 22.6. The SMILES string of the molecule is C#CCOc1ccc([C@H](C)C(=O)N2CCC[C@H]2C(=O)Cc2sc(-c3nccs3)nc2-c2ccccc2)cc1. The van der Waals surface area contributed by atoms with Crippen LogP contribution in [0.15, 0.2) is 66.2 Å². The van der Waals surface area contributed by atoms with Crippen molar-refractivity contribution in [3.63, 3.8) is 0 Å². The fourth-order valence-electron chi connectivity index (χ4n) is 4.72. The van der Waals surface area contributed by atoms with Crippen LogP contribution >= 0.6 is 22.7 Å². The van der Waals surface area contributed by atoms with Crippen LogP contribution in [0.25, 0.3) is 21.3 Å². The number of Topliss-reactive ketones (excluding diaryl/α,β-unsaturated/α-hetero) is 1. The molecule has 192 valence electrons. The van der Waals surface area contributed by atoms with E-state index in [-0.39, 0.29) is 30.6 Å². The van der Waals surface area contributed by atoms with E-state index in [1.165, 1.54) is 22.7 Å². The molecule has 0 N–H and O–H groups in total. The minimum absolute atomic E-state index is 0.0331. The molecule has 2 atom stereocenters. The first-order chi connectivity index (χ1) is 18.5. The Bertz CT molecular complexity index is 1440. The standard InChI is InChI=1S/C30H27N3O3S2/c1-3-17-36-23-13-11-21(12-14-23)20(2)30(35)33-16-7-10-24(33)25(34)19-26-27(22-8-5-4-6-9-22)32-29(38-26)28-31-15-18-37-28/h1,4-6,8-9,11-15,18,20,24H,7,10,16-17,19H2,2H3/t20-,24-/m0/s1. The molecule has 4 aromatic rings. The summed E-state index contributed by atoms with van der Waals surface area (Å²) >= 11 is 3.04. The highest BCUT2D eigenvalue weighted by Crippen LogP contribution is 2.36. The number of hydrogen-bond donors (Lipinski definition) is 0. The first-order valence-electron chi connectivity index (χ1n) is 12.5. The Morgan fingerprint density at radius 3 is 2.66 bits per heavy atom. The van der Waals surface area contributed by atoms with Gasteiger partial charge in [-0.15, -0.1) is 29.1 Å². The summed E-state index contributed by atoms with van der Waals surface area (Å²) in [5, 5.41) is 3.57. The quantitative estimate of drug-likeness (QED) is 0.249. The van der Waals surface area contributed by atoms with Crippen LogP contribution in [0.5, 0.6) is 5.75 Å². The molecule has 2 aromatic heterocycles. The molecule has 1 fully saturated rings. The van der Waals surface area contributed by atoms with Gasteiger partial charge in [0, 0.05) is 35.0 Å². The molecule has 0 saturated carbocycles. The van der Waals surface area contributed by atoms with Crippen LogP contribution in [0.3, 0.4) is 0 Å². The zero-order valence-electron chi connectivity index (χ0n) is 21.0. The molecule has 0 aliphatic carbocycles. The third-order valence-corrected chi connectivity index (χ3v) is 8.65. The predicted octanol–water partition coefficient (Wildman–Crippen LogP) is 5.85. The summed E-state index contributed by atoms with van der Waals surface area (Å²) in [7, 11) is 0. The summed E-state index contributed by atoms with van der Waals surface area (Å²) in [4.78, 5) is 39.1. The molecule has 1 amide bonds. The average Bonchev–Trinajstić information content (AvgIpc) is 3.73. The Balaban J connectivity index is 1.34. The van der Waals surface area contributed by atoms with Crippen LogP contribution in [-0.4, -0.2) is 45.8 Å². The van der Waals surface area contributed by atoms with Crippen LogP contribution in [0.2, 0.25) is 0 Å². The molecule has 3 heterocycles. The summed E-state index contributed by atoms with van der Waals surface area (Å²) in [6.45, 7) is 2.67. The van der Waals surface area contributed by atoms with Crippen molar-refractivity contribution in [3.05, 3.63) is 76.6 Å². The van der Waals surface area contributed by atoms with Gasteiger partial charge in [-0.05, 0) is 37.5 Å². The van der Waals surface area contributed by atoms with Crippen LogP contribution in [0, 0.1) is 12.3 Å². The van der Waals surface area contributed by atoms with Gasteiger partial charge in [-0.1, -0.05) is 48.4 Å². The molecule has 0 spiro atoms. The number of ketones is 1. The highest BCUT2D eigenvalue weighted by Gasteiger charge is 2.36. The molecule has 1 saturated heterocycles. The fraction of sp³-hybridized carbons (Fsp3) is 0.267. The number of rotatable bonds is 9. The smallest absolute Gasteiger partial charge is 0.230 e. The van der Waals surface area contributed by atoms with Crippen molar-refractivity contribution >= 4 is 34.4 Å². The Kier molecular flexibility index (Phi) is 7.97. The van der Waals surface area contributed by atoms with Gasteiger partial charge in [-0.2, -0.15) is 0 Å². The van der Waals surface area contributed by atoms with Crippen LogP contribution in [0.1, 0.15) is 36.1 Å². The van der Waals surface area contributed by atoms with E-state index >= 15 is 0 Å². The lowest BCUT2D eigenvalue weighted by molar-refractivity contribution is -0.138. The highest BCUT2D eigenvalue weighted by molar-refractivity contribution is 7.21. The van der Waals surface area contributed by atoms with Gasteiger partial charge in [0.05, 0.1) is 17.7 Å². The van der Waals surface area contributed by atoms with Crippen molar-refractivity contribution in [1.82, 2.24) is 14.9 Å². The van der Waals surface area contributed by atoms with Crippen molar-refractivity contribution < 1.29 is 14.3 Å². The van der Waals surface area contributed by atoms with Gasteiger partial charge in [-0.25, -0.2) is 9.97 Å². The molecular formula is C30H27N3O3S2. The number of likely N-dealkylation sites (tertiary alicyclic amines) is 1. The Hall–Kier alpha value is -3.80. The number of aromatic nitrogens is 2. The normalized spacial score (nSPS) is 15.7. The van der Waals surface area contributed by atoms with Gasteiger partial charge >= 0.3 is 0 Å². The minimum Gasteiger partial charge on any atom is -0.481 e. The maximum atomic E-state index is 13.7. The Morgan fingerprint density at radius 1 is 1.16 bits per heavy atom. The Morgan fingerprint density at radius 2 is 1.95 bits per heavy atom. The van der Waals surface area contributed by atoms with Gasteiger partial charge in [0.25, 0.3) is 0 Å². The van der Waals surface area contributed by atoms with E-state index in [0.29, 0.717) is 18.7 Å². The third-order valence-electron chi connectivity index (χ3n) is 6.67. The molecule has 1 aliphatic heterocycles. The summed E-state index contributed by atoms with van der Waals surface area (Å²) in [6, 6.07) is 16.9. The number of terminal acetylenes is 1. The van der Waals surface area contributed by atoms with E-state index < -0.39 is 6.04 Å². The second-order valence-electron chi connectivity index (χ2n) is 9.11. The number of carbonyl (C=O) groups excluding carboxylic acids is 2. The third kappa shape index (κ3) is 5.54. The molecule has 8 heteroatoms. The van der Waals surface area contributed by atoms with Gasteiger partial charge < -0.3 is 9.64 Å². The highest BCUT2D eigenvalue weighted by atomic mass is 32.1. The van der Waals surface area contributed by atoms with Crippen LogP contribution in [-0.2, 0) is 16.0 Å². The van der Waals surface area contributed by atoms with Crippen molar-refractivity contribution in [2.75, 3.05) is 13.2 Å². The molecule has 0 radical (unpaired) electrons. The predicted molar refractivity (Wildman–Crippen MR) is 151 cm³/mol. The Labute approximate surface area is 230 Å². The number of ether oxygens (including phenoxy) is 1. The molecular weight excluding hydrogens is 514 g/mol. The van der Waals surface area contributed by atoms with Crippen molar-refractivity contribution in [1.29, 1.82) is 0 Å². The van der Waals surface area contributed by atoms with Gasteiger partial charge in [0.1, 0.15) is 12.4 Å². The van der Waals surface area contributed by atoms with E-state index in [2.05, 4.69) is 10.9 Å². The van der Waals surface area contributed by atoms with E-state index in [1.54, 1.807) is 11.1 Å². The fourth-order valence-corrected chi connectivity index (χ4v) is 6.50.